The summed E-state index contributed by atoms with van der Waals surface area (Å²) < 4.78 is 0.957. The van der Waals surface area contributed by atoms with E-state index in [1.54, 1.807) is 23.1 Å². The zero-order valence-electron chi connectivity index (χ0n) is 9.69. The molecule has 0 aromatic carbocycles. The van der Waals surface area contributed by atoms with E-state index >= 15 is 0 Å². The number of nitriles is 1. The van der Waals surface area contributed by atoms with E-state index in [2.05, 4.69) is 21.6 Å². The highest BCUT2D eigenvalue weighted by Gasteiger charge is 2.14. The zero-order valence-corrected chi connectivity index (χ0v) is 11.3. The Balaban J connectivity index is 1.79. The SMILES string of the molecule is N#CCCSc1nnc(NC2CCCCC2)s1. The van der Waals surface area contributed by atoms with Gasteiger partial charge in [-0.25, -0.2) is 0 Å². The van der Waals surface area contributed by atoms with Gasteiger partial charge in [0.2, 0.25) is 5.13 Å². The third kappa shape index (κ3) is 4.17. The molecule has 0 bridgehead atoms. The molecule has 1 heterocycles. The molecule has 1 aliphatic carbocycles. The summed E-state index contributed by atoms with van der Waals surface area (Å²) in [5.41, 5.74) is 0. The molecule has 0 radical (unpaired) electrons. The van der Waals surface area contributed by atoms with Gasteiger partial charge in [-0.15, -0.1) is 10.2 Å². The van der Waals surface area contributed by atoms with Crippen molar-refractivity contribution < 1.29 is 0 Å². The van der Waals surface area contributed by atoms with Crippen molar-refractivity contribution in [3.05, 3.63) is 0 Å². The van der Waals surface area contributed by atoms with Crippen LogP contribution in [0.15, 0.2) is 4.34 Å². The molecule has 6 heteroatoms. The van der Waals surface area contributed by atoms with E-state index in [9.17, 15) is 0 Å². The van der Waals surface area contributed by atoms with E-state index in [-0.39, 0.29) is 0 Å². The quantitative estimate of drug-likeness (QED) is 0.656. The van der Waals surface area contributed by atoms with Crippen molar-refractivity contribution >= 4 is 28.2 Å². The summed E-state index contributed by atoms with van der Waals surface area (Å²) in [6.45, 7) is 0. The molecule has 0 amide bonds. The van der Waals surface area contributed by atoms with Crippen LogP contribution < -0.4 is 5.32 Å². The molecule has 1 fully saturated rings. The average Bonchev–Trinajstić information content (AvgIpc) is 2.79. The summed E-state index contributed by atoms with van der Waals surface area (Å²) in [5, 5.41) is 21.1. The second-order valence-electron chi connectivity index (χ2n) is 4.11. The van der Waals surface area contributed by atoms with Gasteiger partial charge in [0.1, 0.15) is 0 Å². The lowest BCUT2D eigenvalue weighted by molar-refractivity contribution is 0.462. The Hall–Kier alpha value is -0.800. The molecule has 0 atom stereocenters. The second kappa shape index (κ2) is 6.82. The Kier molecular flexibility index (Phi) is 5.08. The first-order valence-corrected chi connectivity index (χ1v) is 7.78. The number of anilines is 1. The van der Waals surface area contributed by atoms with Crippen LogP contribution in [0.2, 0.25) is 0 Å². The minimum Gasteiger partial charge on any atom is -0.357 e. The van der Waals surface area contributed by atoms with Gasteiger partial charge in [0.15, 0.2) is 4.34 Å². The molecule has 1 aliphatic rings. The molecule has 92 valence electrons. The molecule has 2 rings (SSSR count). The third-order valence-electron chi connectivity index (χ3n) is 2.78. The molecule has 0 aliphatic heterocycles. The molecular weight excluding hydrogens is 252 g/mol. The molecule has 4 nitrogen and oxygen atoms in total. The van der Waals surface area contributed by atoms with E-state index in [1.165, 1.54) is 32.1 Å². The average molecular weight is 268 g/mol. The number of hydrogen-bond acceptors (Lipinski definition) is 6. The van der Waals surface area contributed by atoms with Crippen LogP contribution in [-0.2, 0) is 0 Å². The Bertz CT molecular complexity index is 379. The predicted molar refractivity (Wildman–Crippen MR) is 71.4 cm³/mol. The number of aromatic nitrogens is 2. The maximum absolute atomic E-state index is 8.46. The van der Waals surface area contributed by atoms with Crippen molar-refractivity contribution in [2.45, 2.75) is 48.9 Å². The van der Waals surface area contributed by atoms with Gasteiger partial charge in [-0.3, -0.25) is 0 Å². The largest absolute Gasteiger partial charge is 0.357 e. The third-order valence-corrected chi connectivity index (χ3v) is 4.77. The lowest BCUT2D eigenvalue weighted by Crippen LogP contribution is -2.21. The van der Waals surface area contributed by atoms with Gasteiger partial charge in [-0.05, 0) is 12.8 Å². The fraction of sp³-hybridized carbons (Fsp3) is 0.727. The van der Waals surface area contributed by atoms with Crippen LogP contribution in [0.3, 0.4) is 0 Å². The fourth-order valence-electron chi connectivity index (χ4n) is 1.93. The number of hydrogen-bond donors (Lipinski definition) is 1. The predicted octanol–water partition coefficient (Wildman–Crippen LogP) is 3.29. The first kappa shape index (κ1) is 12.7. The highest BCUT2D eigenvalue weighted by Crippen LogP contribution is 2.28. The van der Waals surface area contributed by atoms with Crippen molar-refractivity contribution in [2.24, 2.45) is 0 Å². The summed E-state index contributed by atoms with van der Waals surface area (Å²) >= 11 is 3.21. The first-order chi connectivity index (χ1) is 8.38. The minimum atomic E-state index is 0.565. The second-order valence-corrected chi connectivity index (χ2v) is 6.43. The lowest BCUT2D eigenvalue weighted by Gasteiger charge is -2.21. The van der Waals surface area contributed by atoms with E-state index in [4.69, 9.17) is 5.26 Å². The maximum Gasteiger partial charge on any atom is 0.206 e. The molecule has 0 spiro atoms. The van der Waals surface area contributed by atoms with Crippen LogP contribution in [0.25, 0.3) is 0 Å². The number of nitrogens with zero attached hydrogens (tertiary/aromatic N) is 3. The van der Waals surface area contributed by atoms with Gasteiger partial charge in [-0.2, -0.15) is 5.26 Å². The van der Waals surface area contributed by atoms with Crippen molar-refractivity contribution in [1.82, 2.24) is 10.2 Å². The Morgan fingerprint density at radius 1 is 1.35 bits per heavy atom. The minimum absolute atomic E-state index is 0.565. The van der Waals surface area contributed by atoms with Gasteiger partial charge in [0.05, 0.1) is 6.07 Å². The number of rotatable bonds is 5. The van der Waals surface area contributed by atoms with E-state index in [0.717, 1.165) is 15.2 Å². The summed E-state index contributed by atoms with van der Waals surface area (Å²) in [6, 6.07) is 2.71. The molecule has 0 unspecified atom stereocenters. The topological polar surface area (TPSA) is 61.6 Å². The standard InChI is InChI=1S/C11H16N4S2/c12-7-4-8-16-11-15-14-10(17-11)13-9-5-2-1-3-6-9/h9H,1-6,8H2,(H,13,14). The number of thioether (sulfide) groups is 1. The van der Waals surface area contributed by atoms with E-state index in [0.29, 0.717) is 12.5 Å². The summed E-state index contributed by atoms with van der Waals surface area (Å²) in [7, 11) is 0. The molecule has 1 saturated carbocycles. The highest BCUT2D eigenvalue weighted by molar-refractivity contribution is 8.01. The summed E-state index contributed by atoms with van der Waals surface area (Å²) in [4.78, 5) is 0. The van der Waals surface area contributed by atoms with Gasteiger partial charge in [0.25, 0.3) is 0 Å². The van der Waals surface area contributed by atoms with E-state index < -0.39 is 0 Å². The summed E-state index contributed by atoms with van der Waals surface area (Å²) in [6.07, 6.45) is 7.06. The van der Waals surface area contributed by atoms with Crippen molar-refractivity contribution in [3.8, 4) is 6.07 Å². The van der Waals surface area contributed by atoms with Crippen LogP contribution in [-0.4, -0.2) is 22.0 Å². The molecule has 1 N–H and O–H groups in total. The molecular formula is C11H16N4S2. The van der Waals surface area contributed by atoms with Crippen molar-refractivity contribution in [3.63, 3.8) is 0 Å². The highest BCUT2D eigenvalue weighted by atomic mass is 32.2. The fourth-order valence-corrected chi connectivity index (χ4v) is 3.68. The van der Waals surface area contributed by atoms with Gasteiger partial charge < -0.3 is 5.32 Å². The van der Waals surface area contributed by atoms with Crippen molar-refractivity contribution in [1.29, 1.82) is 5.26 Å². The van der Waals surface area contributed by atoms with Crippen LogP contribution in [0.5, 0.6) is 0 Å². The molecule has 17 heavy (non-hydrogen) atoms. The zero-order chi connectivity index (χ0) is 11.9. The Morgan fingerprint density at radius 2 is 2.18 bits per heavy atom. The first-order valence-electron chi connectivity index (χ1n) is 5.98. The summed E-state index contributed by atoms with van der Waals surface area (Å²) in [5.74, 6) is 0.800. The van der Waals surface area contributed by atoms with Crippen molar-refractivity contribution in [2.75, 3.05) is 11.1 Å². The molecule has 1 aromatic heterocycles. The maximum atomic E-state index is 8.46. The molecule has 0 saturated heterocycles. The van der Waals surface area contributed by atoms with E-state index in [1.807, 2.05) is 0 Å². The van der Waals surface area contributed by atoms with Crippen LogP contribution in [0.1, 0.15) is 38.5 Å². The van der Waals surface area contributed by atoms with Crippen LogP contribution in [0, 0.1) is 11.3 Å². The Labute approximate surface area is 110 Å². The van der Waals surface area contributed by atoms with Gasteiger partial charge in [-0.1, -0.05) is 42.4 Å². The van der Waals surface area contributed by atoms with Crippen LogP contribution in [0.4, 0.5) is 5.13 Å². The van der Waals surface area contributed by atoms with Crippen LogP contribution >= 0.6 is 23.1 Å². The normalized spacial score (nSPS) is 16.6. The smallest absolute Gasteiger partial charge is 0.206 e. The molecule has 1 aromatic rings. The Morgan fingerprint density at radius 3 is 2.94 bits per heavy atom. The van der Waals surface area contributed by atoms with Gasteiger partial charge >= 0.3 is 0 Å². The number of nitrogens with one attached hydrogen (secondary N) is 1. The van der Waals surface area contributed by atoms with Gasteiger partial charge in [0, 0.05) is 18.2 Å². The lowest BCUT2D eigenvalue weighted by atomic mass is 9.96. The monoisotopic (exact) mass is 268 g/mol.